The summed E-state index contributed by atoms with van der Waals surface area (Å²) in [5, 5.41) is 10.4. The highest BCUT2D eigenvalue weighted by Gasteiger charge is 2.18. The van der Waals surface area contributed by atoms with Crippen molar-refractivity contribution in [2.24, 2.45) is 0 Å². The van der Waals surface area contributed by atoms with Crippen LogP contribution in [-0.4, -0.2) is 37.4 Å². The predicted octanol–water partition coefficient (Wildman–Crippen LogP) is 2.94. The van der Waals surface area contributed by atoms with Crippen LogP contribution in [0, 0.1) is 0 Å². The quantitative estimate of drug-likeness (QED) is 0.684. The molecule has 0 spiro atoms. The first-order valence-corrected chi connectivity index (χ1v) is 8.12. The Morgan fingerprint density at radius 1 is 1.00 bits per heavy atom. The van der Waals surface area contributed by atoms with Gasteiger partial charge in [0.25, 0.3) is 5.91 Å². The molecule has 3 aromatic rings. The third-order valence-electron chi connectivity index (χ3n) is 3.81. The second kappa shape index (κ2) is 8.22. The van der Waals surface area contributed by atoms with Crippen molar-refractivity contribution in [1.82, 2.24) is 10.2 Å². The summed E-state index contributed by atoms with van der Waals surface area (Å²) in [6.07, 6.45) is 0.480. The van der Waals surface area contributed by atoms with Gasteiger partial charge in [0.15, 0.2) is 11.5 Å². The summed E-state index contributed by atoms with van der Waals surface area (Å²) in [5.74, 6) is 1.11. The summed E-state index contributed by atoms with van der Waals surface area (Å²) < 4.78 is 21.3. The largest absolute Gasteiger partial charge is 0.493 e. The highest BCUT2D eigenvalue weighted by molar-refractivity contribution is 6.04. The van der Waals surface area contributed by atoms with Crippen LogP contribution in [0.5, 0.6) is 17.2 Å². The van der Waals surface area contributed by atoms with E-state index in [9.17, 15) is 4.79 Å². The third kappa shape index (κ3) is 4.17. The van der Waals surface area contributed by atoms with E-state index in [-0.39, 0.29) is 6.01 Å². The van der Waals surface area contributed by atoms with Crippen LogP contribution < -0.4 is 19.5 Å². The predicted molar refractivity (Wildman–Crippen MR) is 97.6 cm³/mol. The summed E-state index contributed by atoms with van der Waals surface area (Å²) in [4.78, 5) is 12.5. The van der Waals surface area contributed by atoms with Crippen molar-refractivity contribution in [2.75, 3.05) is 26.6 Å². The minimum atomic E-state index is -0.441. The second-order valence-electron chi connectivity index (χ2n) is 5.53. The number of carbonyl (C=O) groups is 1. The maximum atomic E-state index is 12.5. The Bertz CT molecular complexity index is 899. The Kier molecular flexibility index (Phi) is 5.55. The number of hydrogen-bond acceptors (Lipinski definition) is 7. The number of aromatic nitrogens is 2. The average Bonchev–Trinajstić information content (AvgIpc) is 3.14. The van der Waals surface area contributed by atoms with Crippen molar-refractivity contribution in [3.05, 3.63) is 59.5 Å². The van der Waals surface area contributed by atoms with E-state index in [2.05, 4.69) is 15.5 Å². The number of nitrogens with zero attached hydrogens (tertiary/aromatic N) is 2. The lowest BCUT2D eigenvalue weighted by Gasteiger charge is -2.13. The molecule has 0 saturated carbocycles. The lowest BCUT2D eigenvalue weighted by Crippen LogP contribution is -2.13. The number of anilines is 1. The fraction of sp³-hybridized carbons (Fsp3) is 0.211. The Balaban J connectivity index is 1.76. The molecule has 1 aromatic heterocycles. The molecule has 0 saturated heterocycles. The van der Waals surface area contributed by atoms with Gasteiger partial charge < -0.3 is 18.6 Å². The zero-order chi connectivity index (χ0) is 19.2. The van der Waals surface area contributed by atoms with Crippen LogP contribution >= 0.6 is 0 Å². The Morgan fingerprint density at radius 2 is 1.67 bits per heavy atom. The number of benzene rings is 2. The monoisotopic (exact) mass is 369 g/mol. The molecule has 8 nitrogen and oxygen atoms in total. The minimum absolute atomic E-state index is 0.0136. The van der Waals surface area contributed by atoms with Crippen LogP contribution in [0.1, 0.15) is 21.8 Å². The average molecular weight is 369 g/mol. The molecule has 2 aromatic carbocycles. The van der Waals surface area contributed by atoms with E-state index in [1.165, 1.54) is 33.5 Å². The number of rotatable bonds is 7. The normalized spacial score (nSPS) is 10.3. The van der Waals surface area contributed by atoms with Gasteiger partial charge in [0, 0.05) is 5.56 Å². The number of methoxy groups -OCH3 is 3. The van der Waals surface area contributed by atoms with Crippen LogP contribution in [0.4, 0.5) is 6.01 Å². The number of nitrogens with one attached hydrogen (secondary N) is 1. The van der Waals surface area contributed by atoms with Gasteiger partial charge in [0.2, 0.25) is 11.6 Å². The first-order valence-electron chi connectivity index (χ1n) is 8.12. The van der Waals surface area contributed by atoms with Gasteiger partial charge in [0.1, 0.15) is 0 Å². The lowest BCUT2D eigenvalue weighted by atomic mass is 10.1. The van der Waals surface area contributed by atoms with E-state index >= 15 is 0 Å². The van der Waals surface area contributed by atoms with Gasteiger partial charge >= 0.3 is 6.01 Å². The van der Waals surface area contributed by atoms with E-state index in [0.717, 1.165) is 5.56 Å². The Labute approximate surface area is 156 Å². The van der Waals surface area contributed by atoms with Gasteiger partial charge in [-0.3, -0.25) is 10.1 Å². The van der Waals surface area contributed by atoms with Gasteiger partial charge in [-0.25, -0.2) is 0 Å². The SMILES string of the molecule is COc1cc(C(=O)Nc2nnc(Cc3ccccc3)o2)cc(OC)c1OC. The maximum Gasteiger partial charge on any atom is 0.322 e. The topological polar surface area (TPSA) is 95.7 Å². The standard InChI is InChI=1S/C19H19N3O5/c1-24-14-10-13(11-15(25-2)17(14)26-3)18(23)20-19-22-21-16(27-19)9-12-7-5-4-6-8-12/h4-8,10-11H,9H2,1-3H3,(H,20,22,23). The fourth-order valence-electron chi connectivity index (χ4n) is 2.53. The first kappa shape index (κ1) is 18.2. The molecule has 1 amide bonds. The molecule has 8 heteroatoms. The van der Waals surface area contributed by atoms with Crippen LogP contribution in [0.15, 0.2) is 46.9 Å². The van der Waals surface area contributed by atoms with Crippen molar-refractivity contribution in [2.45, 2.75) is 6.42 Å². The van der Waals surface area contributed by atoms with Crippen LogP contribution in [0.3, 0.4) is 0 Å². The van der Waals surface area contributed by atoms with Crippen molar-refractivity contribution in [1.29, 1.82) is 0 Å². The lowest BCUT2D eigenvalue weighted by molar-refractivity contribution is 0.102. The molecular weight excluding hydrogens is 350 g/mol. The van der Waals surface area contributed by atoms with Crippen LogP contribution in [0.2, 0.25) is 0 Å². The molecular formula is C19H19N3O5. The smallest absolute Gasteiger partial charge is 0.322 e. The molecule has 0 aliphatic rings. The summed E-state index contributed by atoms with van der Waals surface area (Å²) in [5.41, 5.74) is 1.33. The minimum Gasteiger partial charge on any atom is -0.493 e. The van der Waals surface area contributed by atoms with Crippen molar-refractivity contribution in [3.63, 3.8) is 0 Å². The molecule has 1 heterocycles. The van der Waals surface area contributed by atoms with E-state index < -0.39 is 5.91 Å². The second-order valence-corrected chi connectivity index (χ2v) is 5.53. The Hall–Kier alpha value is -3.55. The molecule has 140 valence electrons. The first-order chi connectivity index (χ1) is 13.1. The van der Waals surface area contributed by atoms with Gasteiger partial charge in [0.05, 0.1) is 27.8 Å². The molecule has 3 rings (SSSR count). The van der Waals surface area contributed by atoms with Crippen LogP contribution in [-0.2, 0) is 6.42 Å². The van der Waals surface area contributed by atoms with E-state index in [0.29, 0.717) is 35.1 Å². The van der Waals surface area contributed by atoms with E-state index in [1.54, 1.807) is 0 Å². The number of hydrogen-bond donors (Lipinski definition) is 1. The zero-order valence-electron chi connectivity index (χ0n) is 15.2. The fourth-order valence-corrected chi connectivity index (χ4v) is 2.53. The van der Waals surface area contributed by atoms with Gasteiger partial charge in [-0.1, -0.05) is 35.4 Å². The summed E-state index contributed by atoms with van der Waals surface area (Å²) in [6.45, 7) is 0. The summed E-state index contributed by atoms with van der Waals surface area (Å²) in [7, 11) is 4.45. The number of amides is 1. The highest BCUT2D eigenvalue weighted by Crippen LogP contribution is 2.38. The third-order valence-corrected chi connectivity index (χ3v) is 3.81. The molecule has 0 aliphatic heterocycles. The molecule has 0 radical (unpaired) electrons. The number of carbonyl (C=O) groups excluding carboxylic acids is 1. The highest BCUT2D eigenvalue weighted by atomic mass is 16.5. The van der Waals surface area contributed by atoms with Crippen molar-refractivity contribution >= 4 is 11.9 Å². The zero-order valence-corrected chi connectivity index (χ0v) is 15.2. The van der Waals surface area contributed by atoms with Crippen molar-refractivity contribution in [3.8, 4) is 17.2 Å². The molecule has 27 heavy (non-hydrogen) atoms. The van der Waals surface area contributed by atoms with Gasteiger partial charge in [-0.05, 0) is 17.7 Å². The maximum absolute atomic E-state index is 12.5. The van der Waals surface area contributed by atoms with Crippen molar-refractivity contribution < 1.29 is 23.4 Å². The summed E-state index contributed by atoms with van der Waals surface area (Å²) >= 11 is 0. The molecule has 0 atom stereocenters. The molecule has 0 fully saturated rings. The van der Waals surface area contributed by atoms with E-state index in [1.807, 2.05) is 30.3 Å². The molecule has 1 N–H and O–H groups in total. The summed E-state index contributed by atoms with van der Waals surface area (Å²) in [6, 6.07) is 12.8. The van der Waals surface area contributed by atoms with E-state index in [4.69, 9.17) is 18.6 Å². The van der Waals surface area contributed by atoms with Gasteiger partial charge in [-0.15, -0.1) is 5.10 Å². The number of ether oxygens (including phenoxy) is 3. The Morgan fingerprint density at radius 3 is 2.26 bits per heavy atom. The van der Waals surface area contributed by atoms with Gasteiger partial charge in [-0.2, -0.15) is 0 Å². The molecule has 0 bridgehead atoms. The van der Waals surface area contributed by atoms with Crippen LogP contribution in [0.25, 0.3) is 0 Å². The molecule has 0 aliphatic carbocycles. The molecule has 0 unspecified atom stereocenters.